The van der Waals surface area contributed by atoms with Crippen LogP contribution in [-0.2, 0) is 9.59 Å². The molecule has 0 aromatic heterocycles. The zero-order valence-corrected chi connectivity index (χ0v) is 17.5. The SMILES string of the molecule is CCC(C)N(CCC(=O)Nc1ccc2ccccc2c1)C(=O)COc1ccccc1. The average Bonchev–Trinajstić information content (AvgIpc) is 2.78. The summed E-state index contributed by atoms with van der Waals surface area (Å²) in [4.78, 5) is 26.9. The van der Waals surface area contributed by atoms with Gasteiger partial charge in [-0.3, -0.25) is 9.59 Å². The predicted octanol–water partition coefficient (Wildman–Crippen LogP) is 4.87. The lowest BCUT2D eigenvalue weighted by Gasteiger charge is -2.28. The van der Waals surface area contributed by atoms with Crippen molar-refractivity contribution < 1.29 is 14.3 Å². The first-order valence-electron chi connectivity index (χ1n) is 10.3. The molecule has 1 unspecified atom stereocenters. The van der Waals surface area contributed by atoms with Crippen molar-refractivity contribution in [3.8, 4) is 5.75 Å². The van der Waals surface area contributed by atoms with Crippen LogP contribution in [0.25, 0.3) is 10.8 Å². The summed E-state index contributed by atoms with van der Waals surface area (Å²) in [5.41, 5.74) is 0.757. The maximum atomic E-state index is 12.7. The summed E-state index contributed by atoms with van der Waals surface area (Å²) in [5, 5.41) is 5.14. The number of hydrogen-bond donors (Lipinski definition) is 1. The van der Waals surface area contributed by atoms with E-state index in [1.54, 1.807) is 4.90 Å². The molecule has 0 aliphatic rings. The van der Waals surface area contributed by atoms with Crippen LogP contribution in [0.5, 0.6) is 5.75 Å². The number of nitrogens with one attached hydrogen (secondary N) is 1. The zero-order valence-electron chi connectivity index (χ0n) is 17.5. The molecule has 0 heterocycles. The quantitative estimate of drug-likeness (QED) is 0.553. The largest absolute Gasteiger partial charge is 0.484 e. The Hall–Kier alpha value is -3.34. The van der Waals surface area contributed by atoms with Crippen molar-refractivity contribution in [2.24, 2.45) is 0 Å². The van der Waals surface area contributed by atoms with Gasteiger partial charge < -0.3 is 15.0 Å². The van der Waals surface area contributed by atoms with Gasteiger partial charge in [0.15, 0.2) is 6.61 Å². The van der Waals surface area contributed by atoms with E-state index in [0.29, 0.717) is 12.3 Å². The lowest BCUT2D eigenvalue weighted by Crippen LogP contribution is -2.42. The van der Waals surface area contributed by atoms with Crippen molar-refractivity contribution in [1.29, 1.82) is 0 Å². The van der Waals surface area contributed by atoms with Crippen LogP contribution in [0.3, 0.4) is 0 Å². The first kappa shape index (κ1) is 21.4. The third-order valence-corrected chi connectivity index (χ3v) is 5.16. The van der Waals surface area contributed by atoms with Gasteiger partial charge in [0.05, 0.1) is 0 Å². The molecule has 0 aliphatic carbocycles. The third-order valence-electron chi connectivity index (χ3n) is 5.16. The van der Waals surface area contributed by atoms with Crippen LogP contribution in [-0.4, -0.2) is 35.9 Å². The smallest absolute Gasteiger partial charge is 0.260 e. The number of carbonyl (C=O) groups is 2. The second-order valence-electron chi connectivity index (χ2n) is 7.31. The summed E-state index contributed by atoms with van der Waals surface area (Å²) < 4.78 is 5.60. The van der Waals surface area contributed by atoms with Gasteiger partial charge in [0, 0.05) is 24.7 Å². The molecule has 1 atom stereocenters. The molecule has 0 saturated heterocycles. The fraction of sp³-hybridized carbons (Fsp3) is 0.280. The van der Waals surface area contributed by atoms with Crippen LogP contribution in [0.15, 0.2) is 72.8 Å². The lowest BCUT2D eigenvalue weighted by atomic mass is 10.1. The number of carbonyl (C=O) groups excluding carboxylic acids is 2. The minimum absolute atomic E-state index is 0.0327. The fourth-order valence-electron chi connectivity index (χ4n) is 3.27. The van der Waals surface area contributed by atoms with Crippen LogP contribution in [0.2, 0.25) is 0 Å². The number of nitrogens with zero attached hydrogens (tertiary/aromatic N) is 1. The Morgan fingerprint density at radius 2 is 1.67 bits per heavy atom. The van der Waals surface area contributed by atoms with E-state index < -0.39 is 0 Å². The van der Waals surface area contributed by atoms with Gasteiger partial charge in [-0.1, -0.05) is 55.5 Å². The Morgan fingerprint density at radius 3 is 2.40 bits per heavy atom. The van der Waals surface area contributed by atoms with Gasteiger partial charge in [0.25, 0.3) is 5.91 Å². The van der Waals surface area contributed by atoms with Gasteiger partial charge in [0.2, 0.25) is 5.91 Å². The number of para-hydroxylation sites is 1. The number of rotatable bonds is 9. The molecule has 0 radical (unpaired) electrons. The first-order chi connectivity index (χ1) is 14.6. The van der Waals surface area contributed by atoms with E-state index in [0.717, 1.165) is 22.9 Å². The highest BCUT2D eigenvalue weighted by Gasteiger charge is 2.20. The van der Waals surface area contributed by atoms with E-state index in [1.165, 1.54) is 0 Å². The van der Waals surface area contributed by atoms with Gasteiger partial charge in [0.1, 0.15) is 5.75 Å². The van der Waals surface area contributed by atoms with Gasteiger partial charge >= 0.3 is 0 Å². The van der Waals surface area contributed by atoms with E-state index in [1.807, 2.05) is 86.6 Å². The van der Waals surface area contributed by atoms with Gasteiger partial charge in [-0.15, -0.1) is 0 Å². The minimum atomic E-state index is -0.119. The van der Waals surface area contributed by atoms with Crippen molar-refractivity contribution in [3.05, 3.63) is 72.8 Å². The molecule has 156 valence electrons. The van der Waals surface area contributed by atoms with Crippen LogP contribution >= 0.6 is 0 Å². The summed E-state index contributed by atoms with van der Waals surface area (Å²) in [6, 6.07) is 23.1. The number of anilines is 1. The van der Waals surface area contributed by atoms with Crippen molar-refractivity contribution in [3.63, 3.8) is 0 Å². The van der Waals surface area contributed by atoms with Crippen molar-refractivity contribution in [2.45, 2.75) is 32.7 Å². The highest BCUT2D eigenvalue weighted by Crippen LogP contribution is 2.19. The van der Waals surface area contributed by atoms with Gasteiger partial charge in [-0.05, 0) is 48.4 Å². The Morgan fingerprint density at radius 1 is 0.967 bits per heavy atom. The molecular weight excluding hydrogens is 376 g/mol. The molecule has 5 nitrogen and oxygen atoms in total. The molecule has 0 saturated carbocycles. The van der Waals surface area contributed by atoms with Crippen molar-refractivity contribution >= 4 is 28.3 Å². The molecule has 30 heavy (non-hydrogen) atoms. The van der Waals surface area contributed by atoms with Crippen molar-refractivity contribution in [1.82, 2.24) is 4.90 Å². The molecule has 0 bridgehead atoms. The molecule has 0 spiro atoms. The topological polar surface area (TPSA) is 58.6 Å². The number of amides is 2. The summed E-state index contributed by atoms with van der Waals surface area (Å²) in [5.74, 6) is 0.422. The second-order valence-corrected chi connectivity index (χ2v) is 7.31. The Labute approximate surface area is 177 Å². The maximum Gasteiger partial charge on any atom is 0.260 e. The Bertz CT molecular complexity index is 988. The number of fused-ring (bicyclic) bond motifs is 1. The first-order valence-corrected chi connectivity index (χ1v) is 10.3. The van der Waals surface area contributed by atoms with Crippen molar-refractivity contribution in [2.75, 3.05) is 18.5 Å². The highest BCUT2D eigenvalue weighted by atomic mass is 16.5. The third kappa shape index (κ3) is 5.83. The molecule has 0 fully saturated rings. The summed E-state index contributed by atoms with van der Waals surface area (Å²) in [6.45, 7) is 4.33. The normalized spacial score (nSPS) is 11.7. The standard InChI is InChI=1S/C25H28N2O3/c1-3-19(2)27(25(29)18-30-23-11-5-4-6-12-23)16-15-24(28)26-22-14-13-20-9-7-8-10-21(20)17-22/h4-14,17,19H,3,15-16,18H2,1-2H3,(H,26,28). The Balaban J connectivity index is 1.56. The fourth-order valence-corrected chi connectivity index (χ4v) is 3.27. The van der Waals surface area contributed by atoms with Crippen LogP contribution < -0.4 is 10.1 Å². The number of benzene rings is 3. The molecule has 3 rings (SSSR count). The molecule has 1 N–H and O–H groups in total. The summed E-state index contributed by atoms with van der Waals surface area (Å²) >= 11 is 0. The Kier molecular flexibility index (Phi) is 7.44. The summed E-state index contributed by atoms with van der Waals surface area (Å²) in [6.07, 6.45) is 1.04. The van der Waals surface area contributed by atoms with Crippen LogP contribution in [0, 0.1) is 0 Å². The van der Waals surface area contributed by atoms with Crippen LogP contribution in [0.4, 0.5) is 5.69 Å². The maximum absolute atomic E-state index is 12.7. The number of hydrogen-bond acceptors (Lipinski definition) is 3. The van der Waals surface area contributed by atoms with E-state index in [9.17, 15) is 9.59 Å². The molecule has 2 amide bonds. The van der Waals surface area contributed by atoms with E-state index in [4.69, 9.17) is 4.74 Å². The molecule has 3 aromatic rings. The predicted molar refractivity (Wildman–Crippen MR) is 121 cm³/mol. The highest BCUT2D eigenvalue weighted by molar-refractivity contribution is 5.94. The minimum Gasteiger partial charge on any atom is -0.484 e. The zero-order chi connectivity index (χ0) is 21.3. The molecule has 5 heteroatoms. The number of ether oxygens (including phenoxy) is 1. The lowest BCUT2D eigenvalue weighted by molar-refractivity contribution is -0.135. The average molecular weight is 405 g/mol. The summed E-state index contributed by atoms with van der Waals surface area (Å²) in [7, 11) is 0. The van der Waals surface area contributed by atoms with Gasteiger partial charge in [-0.25, -0.2) is 0 Å². The van der Waals surface area contributed by atoms with E-state index in [-0.39, 0.29) is 30.9 Å². The monoisotopic (exact) mass is 404 g/mol. The molecular formula is C25H28N2O3. The molecule has 3 aromatic carbocycles. The van der Waals surface area contributed by atoms with Gasteiger partial charge in [-0.2, -0.15) is 0 Å². The van der Waals surface area contributed by atoms with Crippen LogP contribution in [0.1, 0.15) is 26.7 Å². The van der Waals surface area contributed by atoms with E-state index in [2.05, 4.69) is 5.32 Å². The molecule has 0 aliphatic heterocycles. The second kappa shape index (κ2) is 10.4. The van der Waals surface area contributed by atoms with E-state index >= 15 is 0 Å².